The predicted octanol–water partition coefficient (Wildman–Crippen LogP) is 4.07. The molecule has 126 valence electrons. The molecular formula is C22H20O3. The molecule has 0 saturated carbocycles. The van der Waals surface area contributed by atoms with E-state index in [1.165, 1.54) is 16.7 Å². The summed E-state index contributed by atoms with van der Waals surface area (Å²) in [4.78, 5) is 12.9. The van der Waals surface area contributed by atoms with Crippen LogP contribution in [0, 0.1) is 11.8 Å². The van der Waals surface area contributed by atoms with Gasteiger partial charge in [0.1, 0.15) is 5.75 Å². The molecule has 0 saturated heterocycles. The third-order valence-corrected chi connectivity index (χ3v) is 6.03. The van der Waals surface area contributed by atoms with Crippen LogP contribution in [-0.4, -0.2) is 19.2 Å². The van der Waals surface area contributed by atoms with Crippen molar-refractivity contribution < 1.29 is 14.3 Å². The Morgan fingerprint density at radius 3 is 2.36 bits per heavy atom. The Morgan fingerprint density at radius 2 is 1.56 bits per heavy atom. The molecule has 0 spiro atoms. The van der Waals surface area contributed by atoms with Gasteiger partial charge in [0.25, 0.3) is 0 Å². The van der Waals surface area contributed by atoms with Gasteiger partial charge in [-0.1, -0.05) is 55.5 Å². The molecule has 0 unspecified atom stereocenters. The first-order valence-electron chi connectivity index (χ1n) is 8.91. The average molecular weight is 332 g/mol. The SMILES string of the molecule is C[C@@H]1[C@H]2C(=O)Oc3ccccc3[C@H]2C2=C(COC2)[C@H]1c1ccccc1. The van der Waals surface area contributed by atoms with Gasteiger partial charge in [-0.15, -0.1) is 0 Å². The molecule has 0 radical (unpaired) electrons. The van der Waals surface area contributed by atoms with E-state index in [1.54, 1.807) is 0 Å². The number of esters is 1. The summed E-state index contributed by atoms with van der Waals surface area (Å²) in [6.45, 7) is 3.47. The fraction of sp³-hybridized carbons (Fsp3) is 0.318. The zero-order valence-electron chi connectivity index (χ0n) is 14.1. The molecule has 0 fully saturated rings. The number of fused-ring (bicyclic) bond motifs is 4. The molecule has 2 aromatic carbocycles. The van der Waals surface area contributed by atoms with Crippen molar-refractivity contribution in [1.82, 2.24) is 0 Å². The third-order valence-electron chi connectivity index (χ3n) is 6.03. The van der Waals surface area contributed by atoms with Crippen LogP contribution in [0.15, 0.2) is 65.7 Å². The number of benzene rings is 2. The van der Waals surface area contributed by atoms with Crippen molar-refractivity contribution in [2.24, 2.45) is 11.8 Å². The van der Waals surface area contributed by atoms with E-state index >= 15 is 0 Å². The lowest BCUT2D eigenvalue weighted by Crippen LogP contribution is -2.42. The molecule has 3 heteroatoms. The van der Waals surface area contributed by atoms with Crippen LogP contribution >= 0.6 is 0 Å². The zero-order valence-corrected chi connectivity index (χ0v) is 14.1. The highest BCUT2D eigenvalue weighted by atomic mass is 16.5. The Kier molecular flexibility index (Phi) is 3.32. The summed E-state index contributed by atoms with van der Waals surface area (Å²) in [7, 11) is 0. The number of carbonyl (C=O) groups excluding carboxylic acids is 1. The summed E-state index contributed by atoms with van der Waals surface area (Å²) in [5, 5.41) is 0. The molecule has 0 bridgehead atoms. The molecule has 1 aliphatic carbocycles. The van der Waals surface area contributed by atoms with Crippen LogP contribution in [0.25, 0.3) is 0 Å². The zero-order chi connectivity index (χ0) is 17.0. The van der Waals surface area contributed by atoms with Gasteiger partial charge in [-0.05, 0) is 28.7 Å². The lowest BCUT2D eigenvalue weighted by molar-refractivity contribution is -0.143. The minimum atomic E-state index is -0.152. The molecular weight excluding hydrogens is 312 g/mol. The molecule has 4 atom stereocenters. The van der Waals surface area contributed by atoms with Crippen molar-refractivity contribution in [3.8, 4) is 5.75 Å². The van der Waals surface area contributed by atoms with Gasteiger partial charge >= 0.3 is 5.97 Å². The molecule has 0 amide bonds. The topological polar surface area (TPSA) is 35.5 Å². The minimum Gasteiger partial charge on any atom is -0.426 e. The van der Waals surface area contributed by atoms with Crippen LogP contribution in [0.1, 0.15) is 29.9 Å². The smallest absolute Gasteiger partial charge is 0.315 e. The van der Waals surface area contributed by atoms with Crippen molar-refractivity contribution in [3.63, 3.8) is 0 Å². The summed E-state index contributed by atoms with van der Waals surface area (Å²) in [5.41, 5.74) is 5.05. The molecule has 3 nitrogen and oxygen atoms in total. The van der Waals surface area contributed by atoms with Crippen LogP contribution in [0.2, 0.25) is 0 Å². The fourth-order valence-electron chi connectivity index (χ4n) is 4.98. The lowest BCUT2D eigenvalue weighted by atomic mass is 9.61. The summed E-state index contributed by atoms with van der Waals surface area (Å²) in [5.74, 6) is 0.936. The monoisotopic (exact) mass is 332 g/mol. The number of rotatable bonds is 1. The molecule has 2 aromatic rings. The Labute approximate surface area is 147 Å². The van der Waals surface area contributed by atoms with E-state index in [-0.39, 0.29) is 29.6 Å². The van der Waals surface area contributed by atoms with Crippen molar-refractivity contribution in [1.29, 1.82) is 0 Å². The van der Waals surface area contributed by atoms with Gasteiger partial charge in [0.2, 0.25) is 0 Å². The minimum absolute atomic E-state index is 0.0879. The molecule has 0 aromatic heterocycles. The average Bonchev–Trinajstić information content (AvgIpc) is 3.11. The highest BCUT2D eigenvalue weighted by molar-refractivity contribution is 5.81. The van der Waals surface area contributed by atoms with Crippen LogP contribution in [0.5, 0.6) is 5.75 Å². The largest absolute Gasteiger partial charge is 0.426 e. The summed E-state index contributed by atoms with van der Waals surface area (Å²) in [6, 6.07) is 18.4. The number of hydrogen-bond donors (Lipinski definition) is 0. The number of hydrogen-bond acceptors (Lipinski definition) is 3. The second kappa shape index (κ2) is 5.57. The molecule has 25 heavy (non-hydrogen) atoms. The van der Waals surface area contributed by atoms with Crippen LogP contribution < -0.4 is 4.74 Å². The molecule has 2 heterocycles. The maximum absolute atomic E-state index is 12.9. The quantitative estimate of drug-likeness (QED) is 0.449. The maximum Gasteiger partial charge on any atom is 0.315 e. The fourth-order valence-corrected chi connectivity index (χ4v) is 4.98. The summed E-state index contributed by atoms with van der Waals surface area (Å²) >= 11 is 0. The van der Waals surface area contributed by atoms with Gasteiger partial charge in [-0.25, -0.2) is 0 Å². The summed E-state index contributed by atoms with van der Waals surface area (Å²) < 4.78 is 11.6. The van der Waals surface area contributed by atoms with E-state index in [2.05, 4.69) is 37.3 Å². The Balaban J connectivity index is 1.72. The lowest BCUT2D eigenvalue weighted by Gasteiger charge is -2.44. The van der Waals surface area contributed by atoms with Gasteiger partial charge in [0, 0.05) is 17.4 Å². The second-order valence-corrected chi connectivity index (χ2v) is 7.25. The number of ether oxygens (including phenoxy) is 2. The van der Waals surface area contributed by atoms with E-state index in [1.807, 2.05) is 24.3 Å². The van der Waals surface area contributed by atoms with Gasteiger partial charge in [0.15, 0.2) is 0 Å². The van der Waals surface area contributed by atoms with Gasteiger partial charge < -0.3 is 9.47 Å². The first kappa shape index (κ1) is 14.9. The van der Waals surface area contributed by atoms with E-state index in [9.17, 15) is 4.79 Å². The van der Waals surface area contributed by atoms with Crippen molar-refractivity contribution in [2.75, 3.05) is 13.2 Å². The van der Waals surface area contributed by atoms with Crippen molar-refractivity contribution in [2.45, 2.75) is 18.8 Å². The Hall–Kier alpha value is -2.39. The van der Waals surface area contributed by atoms with E-state index in [4.69, 9.17) is 9.47 Å². The molecule has 0 N–H and O–H groups in total. The normalized spacial score (nSPS) is 30.4. The van der Waals surface area contributed by atoms with Crippen molar-refractivity contribution in [3.05, 3.63) is 76.9 Å². The first-order valence-corrected chi connectivity index (χ1v) is 8.91. The van der Waals surface area contributed by atoms with E-state index < -0.39 is 0 Å². The highest BCUT2D eigenvalue weighted by Crippen LogP contribution is 2.56. The van der Waals surface area contributed by atoms with Gasteiger partial charge in [-0.3, -0.25) is 4.79 Å². The first-order chi connectivity index (χ1) is 12.3. The second-order valence-electron chi connectivity index (χ2n) is 7.25. The van der Waals surface area contributed by atoms with E-state index in [0.717, 1.165) is 5.56 Å². The third kappa shape index (κ3) is 2.12. The predicted molar refractivity (Wildman–Crippen MR) is 94.5 cm³/mol. The molecule has 3 aliphatic rings. The van der Waals surface area contributed by atoms with Gasteiger partial charge in [0.05, 0.1) is 19.1 Å². The number of para-hydroxylation sites is 1. The highest BCUT2D eigenvalue weighted by Gasteiger charge is 2.51. The summed E-state index contributed by atoms with van der Waals surface area (Å²) in [6.07, 6.45) is 0. The molecule has 5 rings (SSSR count). The van der Waals surface area contributed by atoms with Crippen LogP contribution in [-0.2, 0) is 9.53 Å². The maximum atomic E-state index is 12.9. The number of carbonyl (C=O) groups is 1. The molecule has 2 aliphatic heterocycles. The van der Waals surface area contributed by atoms with Crippen LogP contribution in [0.3, 0.4) is 0 Å². The van der Waals surface area contributed by atoms with Crippen LogP contribution in [0.4, 0.5) is 0 Å². The standard InChI is InChI=1S/C22H20O3/c1-13-19(14-7-3-2-4-8-14)16-11-24-12-17(16)21-15-9-5-6-10-18(15)25-22(23)20(13)21/h2-10,13,19-21H,11-12H2,1H3/t13-,19+,20+,21-/m0/s1. The van der Waals surface area contributed by atoms with E-state index in [0.29, 0.717) is 19.0 Å². The van der Waals surface area contributed by atoms with Crippen molar-refractivity contribution >= 4 is 5.97 Å². The van der Waals surface area contributed by atoms with Gasteiger partial charge in [-0.2, -0.15) is 0 Å². The Morgan fingerprint density at radius 1 is 0.880 bits per heavy atom. The Bertz CT molecular complexity index is 868.